The van der Waals surface area contributed by atoms with Crippen LogP contribution in [-0.2, 0) is 0 Å². The van der Waals surface area contributed by atoms with E-state index in [1.807, 2.05) is 0 Å². The molecule has 106 valence electrons. The van der Waals surface area contributed by atoms with Gasteiger partial charge in [-0.1, -0.05) is 6.92 Å². The second kappa shape index (κ2) is 6.91. The van der Waals surface area contributed by atoms with E-state index in [0.29, 0.717) is 0 Å². The number of hydrogen-bond donors (Lipinski definition) is 1. The van der Waals surface area contributed by atoms with Crippen molar-refractivity contribution in [1.29, 1.82) is 0 Å². The third kappa shape index (κ3) is 4.24. The molecular formula is C16H32N2. The van der Waals surface area contributed by atoms with Crippen molar-refractivity contribution in [3.63, 3.8) is 0 Å². The lowest BCUT2D eigenvalue weighted by atomic mass is 9.89. The Bertz CT molecular complexity index is 227. The molecule has 0 aromatic heterocycles. The van der Waals surface area contributed by atoms with Gasteiger partial charge in [-0.3, -0.25) is 4.90 Å². The van der Waals surface area contributed by atoms with Gasteiger partial charge in [0.2, 0.25) is 0 Å². The van der Waals surface area contributed by atoms with Crippen molar-refractivity contribution in [2.75, 3.05) is 13.1 Å². The average molecular weight is 252 g/mol. The molecule has 0 heterocycles. The highest BCUT2D eigenvalue weighted by Gasteiger charge is 2.31. The van der Waals surface area contributed by atoms with Gasteiger partial charge in [0.1, 0.15) is 0 Å². The lowest BCUT2D eigenvalue weighted by Crippen LogP contribution is -2.46. The zero-order valence-corrected chi connectivity index (χ0v) is 12.6. The zero-order valence-electron chi connectivity index (χ0n) is 12.6. The quantitative estimate of drug-likeness (QED) is 0.747. The van der Waals surface area contributed by atoms with Gasteiger partial charge >= 0.3 is 0 Å². The maximum atomic E-state index is 3.69. The molecule has 0 spiro atoms. The molecule has 2 aliphatic rings. The summed E-state index contributed by atoms with van der Waals surface area (Å²) in [6, 6.07) is 2.40. The zero-order chi connectivity index (χ0) is 13.0. The predicted octanol–water partition coefficient (Wildman–Crippen LogP) is 3.42. The second-order valence-corrected chi connectivity index (χ2v) is 6.69. The fraction of sp³-hybridized carbons (Fsp3) is 1.00. The Morgan fingerprint density at radius 1 is 1.06 bits per heavy atom. The van der Waals surface area contributed by atoms with Crippen molar-refractivity contribution < 1.29 is 0 Å². The molecule has 1 N–H and O–H groups in total. The van der Waals surface area contributed by atoms with Crippen LogP contribution in [0.2, 0.25) is 0 Å². The summed E-state index contributed by atoms with van der Waals surface area (Å²) in [5.41, 5.74) is 0. The molecule has 18 heavy (non-hydrogen) atoms. The van der Waals surface area contributed by atoms with E-state index < -0.39 is 0 Å². The summed E-state index contributed by atoms with van der Waals surface area (Å²) >= 11 is 0. The molecule has 2 nitrogen and oxygen atoms in total. The first-order valence-corrected chi connectivity index (χ1v) is 8.19. The van der Waals surface area contributed by atoms with Crippen molar-refractivity contribution >= 4 is 0 Å². The third-order valence-corrected chi connectivity index (χ3v) is 4.68. The molecule has 0 saturated heterocycles. The van der Waals surface area contributed by atoms with Crippen LogP contribution in [0.3, 0.4) is 0 Å². The van der Waals surface area contributed by atoms with Crippen LogP contribution in [-0.4, -0.2) is 36.1 Å². The molecule has 0 radical (unpaired) electrons. The van der Waals surface area contributed by atoms with E-state index in [1.54, 1.807) is 0 Å². The standard InChI is InChI=1S/C16H32N2/c1-4-11-17-15-7-9-16(10-8-15)18(13(2)3)12-14-5-6-14/h13-17H,4-12H2,1-3H3. The third-order valence-electron chi connectivity index (χ3n) is 4.68. The van der Waals surface area contributed by atoms with Crippen LogP contribution in [0.1, 0.15) is 65.7 Å². The second-order valence-electron chi connectivity index (χ2n) is 6.69. The number of rotatable bonds is 7. The monoisotopic (exact) mass is 252 g/mol. The normalized spacial score (nSPS) is 29.2. The summed E-state index contributed by atoms with van der Waals surface area (Å²) in [6.45, 7) is 9.59. The molecule has 0 aliphatic heterocycles. The summed E-state index contributed by atoms with van der Waals surface area (Å²) in [7, 11) is 0. The summed E-state index contributed by atoms with van der Waals surface area (Å²) in [5, 5.41) is 3.69. The van der Waals surface area contributed by atoms with Gasteiger partial charge in [-0.05, 0) is 71.3 Å². The van der Waals surface area contributed by atoms with E-state index in [2.05, 4.69) is 31.0 Å². The Kier molecular flexibility index (Phi) is 5.50. The molecule has 0 amide bonds. The Morgan fingerprint density at radius 3 is 2.22 bits per heavy atom. The fourth-order valence-electron chi connectivity index (χ4n) is 3.34. The molecule has 0 aromatic rings. The van der Waals surface area contributed by atoms with Gasteiger partial charge in [-0.2, -0.15) is 0 Å². The van der Waals surface area contributed by atoms with Crippen LogP contribution in [0.15, 0.2) is 0 Å². The van der Waals surface area contributed by atoms with Crippen LogP contribution < -0.4 is 5.32 Å². The van der Waals surface area contributed by atoms with Crippen LogP contribution in [0.25, 0.3) is 0 Å². The molecule has 0 unspecified atom stereocenters. The van der Waals surface area contributed by atoms with Gasteiger partial charge in [0.05, 0.1) is 0 Å². The largest absolute Gasteiger partial charge is 0.314 e. The van der Waals surface area contributed by atoms with Crippen molar-refractivity contribution in [2.24, 2.45) is 5.92 Å². The lowest BCUT2D eigenvalue weighted by Gasteiger charge is -2.39. The predicted molar refractivity (Wildman–Crippen MR) is 78.9 cm³/mol. The minimum absolute atomic E-state index is 0.732. The summed E-state index contributed by atoms with van der Waals surface area (Å²) in [6.07, 6.45) is 9.82. The highest BCUT2D eigenvalue weighted by molar-refractivity contribution is 4.87. The van der Waals surface area contributed by atoms with Crippen LogP contribution in [0.4, 0.5) is 0 Å². The van der Waals surface area contributed by atoms with Crippen LogP contribution >= 0.6 is 0 Å². The SMILES string of the molecule is CCCNC1CCC(N(CC2CC2)C(C)C)CC1. The van der Waals surface area contributed by atoms with E-state index in [9.17, 15) is 0 Å². The van der Waals surface area contributed by atoms with Crippen molar-refractivity contribution in [3.05, 3.63) is 0 Å². The molecule has 2 aliphatic carbocycles. The van der Waals surface area contributed by atoms with Crippen molar-refractivity contribution in [3.8, 4) is 0 Å². The van der Waals surface area contributed by atoms with E-state index in [1.165, 1.54) is 58.0 Å². The fourth-order valence-corrected chi connectivity index (χ4v) is 3.34. The van der Waals surface area contributed by atoms with Gasteiger partial charge in [0, 0.05) is 24.7 Å². The van der Waals surface area contributed by atoms with Gasteiger partial charge in [0.15, 0.2) is 0 Å². The number of nitrogens with one attached hydrogen (secondary N) is 1. The molecule has 2 saturated carbocycles. The van der Waals surface area contributed by atoms with Crippen molar-refractivity contribution in [1.82, 2.24) is 10.2 Å². The number of nitrogens with zero attached hydrogens (tertiary/aromatic N) is 1. The van der Waals surface area contributed by atoms with Gasteiger partial charge in [-0.25, -0.2) is 0 Å². The van der Waals surface area contributed by atoms with E-state index in [4.69, 9.17) is 0 Å². The minimum atomic E-state index is 0.732. The molecule has 2 rings (SSSR count). The van der Waals surface area contributed by atoms with Crippen molar-refractivity contribution in [2.45, 2.75) is 83.8 Å². The van der Waals surface area contributed by atoms with Gasteiger partial charge < -0.3 is 5.32 Å². The van der Waals surface area contributed by atoms with Gasteiger partial charge in [-0.15, -0.1) is 0 Å². The summed E-state index contributed by atoms with van der Waals surface area (Å²) in [4.78, 5) is 2.80. The summed E-state index contributed by atoms with van der Waals surface area (Å²) in [5.74, 6) is 1.03. The number of hydrogen-bond acceptors (Lipinski definition) is 2. The van der Waals surface area contributed by atoms with Gasteiger partial charge in [0.25, 0.3) is 0 Å². The molecule has 2 fully saturated rings. The lowest BCUT2D eigenvalue weighted by molar-refractivity contribution is 0.106. The Morgan fingerprint density at radius 2 is 1.72 bits per heavy atom. The molecular weight excluding hydrogens is 220 g/mol. The Balaban J connectivity index is 1.75. The van der Waals surface area contributed by atoms with Crippen LogP contribution in [0.5, 0.6) is 0 Å². The molecule has 0 atom stereocenters. The topological polar surface area (TPSA) is 15.3 Å². The smallest absolute Gasteiger partial charge is 0.00992 e. The Labute approximate surface area is 114 Å². The van der Waals surface area contributed by atoms with Crippen LogP contribution in [0, 0.1) is 5.92 Å². The first-order valence-electron chi connectivity index (χ1n) is 8.19. The molecule has 2 heteroatoms. The maximum Gasteiger partial charge on any atom is 0.00992 e. The van der Waals surface area contributed by atoms with E-state index in [0.717, 1.165) is 24.0 Å². The molecule has 0 aromatic carbocycles. The Hall–Kier alpha value is -0.0800. The highest BCUT2D eigenvalue weighted by Crippen LogP contribution is 2.33. The maximum absolute atomic E-state index is 3.69. The molecule has 0 bridgehead atoms. The van der Waals surface area contributed by atoms with E-state index in [-0.39, 0.29) is 0 Å². The van der Waals surface area contributed by atoms with E-state index >= 15 is 0 Å². The highest BCUT2D eigenvalue weighted by atomic mass is 15.2. The first kappa shape index (κ1) is 14.3. The summed E-state index contributed by atoms with van der Waals surface area (Å²) < 4.78 is 0. The average Bonchev–Trinajstić information content (AvgIpc) is 3.18. The first-order chi connectivity index (χ1) is 8.70. The minimum Gasteiger partial charge on any atom is -0.314 e.